The number of allylic oxidation sites excluding steroid dienone is 10. The first kappa shape index (κ1) is 72.7. The molecule has 0 aliphatic rings. The molecule has 438 valence electrons. The van der Waals surface area contributed by atoms with Crippen molar-refractivity contribution in [1.82, 2.24) is 0 Å². The Bertz CT molecular complexity index is 1450. The first-order valence-electron chi connectivity index (χ1n) is 31.5. The number of esters is 2. The number of likely N-dealkylation sites (N-methyl/N-ethyl adjacent to an activating group) is 1. The zero-order valence-electron chi connectivity index (χ0n) is 49.8. The van der Waals surface area contributed by atoms with E-state index in [1.54, 1.807) is 0 Å². The second-order valence-corrected chi connectivity index (χ2v) is 23.9. The molecule has 0 fully saturated rings. The van der Waals surface area contributed by atoms with Crippen LogP contribution in [0.25, 0.3) is 0 Å². The second-order valence-electron chi connectivity index (χ2n) is 22.4. The van der Waals surface area contributed by atoms with Crippen LogP contribution in [0.4, 0.5) is 0 Å². The Labute approximate surface area is 464 Å². The molecule has 0 spiro atoms. The number of carbonyl (C=O) groups excluding carboxylic acids is 2. The molecular weight excluding hydrogens is 954 g/mol. The highest BCUT2D eigenvalue weighted by atomic mass is 31.2. The van der Waals surface area contributed by atoms with Crippen molar-refractivity contribution in [2.75, 3.05) is 47.5 Å². The van der Waals surface area contributed by atoms with Gasteiger partial charge in [0.2, 0.25) is 0 Å². The van der Waals surface area contributed by atoms with Gasteiger partial charge in [-0.25, -0.2) is 4.57 Å². The van der Waals surface area contributed by atoms with Gasteiger partial charge in [0, 0.05) is 12.8 Å². The fourth-order valence-electron chi connectivity index (χ4n) is 8.99. The van der Waals surface area contributed by atoms with Crippen molar-refractivity contribution in [2.24, 2.45) is 0 Å². The second kappa shape index (κ2) is 56.4. The van der Waals surface area contributed by atoms with Crippen molar-refractivity contribution in [2.45, 2.75) is 296 Å². The summed E-state index contributed by atoms with van der Waals surface area (Å²) in [6, 6.07) is 0. The van der Waals surface area contributed by atoms with E-state index in [9.17, 15) is 19.0 Å². The number of quaternary nitrogens is 1. The van der Waals surface area contributed by atoms with Gasteiger partial charge < -0.3 is 18.9 Å². The summed E-state index contributed by atoms with van der Waals surface area (Å²) in [4.78, 5) is 35.7. The lowest BCUT2D eigenvalue weighted by Crippen LogP contribution is -2.37. The van der Waals surface area contributed by atoms with Gasteiger partial charge in [0.25, 0.3) is 0 Å². The number of ether oxygens (including phenoxy) is 2. The van der Waals surface area contributed by atoms with Crippen molar-refractivity contribution in [3.63, 3.8) is 0 Å². The quantitative estimate of drug-likeness (QED) is 0.0211. The molecule has 2 atom stereocenters. The Balaban J connectivity index is 3.94. The minimum Gasteiger partial charge on any atom is -0.462 e. The molecule has 0 aromatic carbocycles. The summed E-state index contributed by atoms with van der Waals surface area (Å²) in [5, 5.41) is 0. The molecule has 0 saturated carbocycles. The molecule has 0 aliphatic heterocycles. The monoisotopic (exact) mass is 1070 g/mol. The first-order chi connectivity index (χ1) is 36.5. The lowest BCUT2D eigenvalue weighted by Gasteiger charge is -2.24. The number of carbonyl (C=O) groups is 2. The van der Waals surface area contributed by atoms with Gasteiger partial charge in [0.1, 0.15) is 19.8 Å². The molecule has 75 heavy (non-hydrogen) atoms. The van der Waals surface area contributed by atoms with Crippen LogP contribution in [0.1, 0.15) is 290 Å². The Morgan fingerprint density at radius 3 is 1.13 bits per heavy atom. The fourth-order valence-corrected chi connectivity index (χ4v) is 9.73. The van der Waals surface area contributed by atoms with E-state index in [0.29, 0.717) is 23.9 Å². The molecule has 0 bridgehead atoms. The molecule has 1 N–H and O–H groups in total. The molecule has 0 heterocycles. The van der Waals surface area contributed by atoms with Crippen molar-refractivity contribution in [3.8, 4) is 0 Å². The van der Waals surface area contributed by atoms with Crippen LogP contribution < -0.4 is 0 Å². The highest BCUT2D eigenvalue weighted by Crippen LogP contribution is 2.43. The maximum absolute atomic E-state index is 12.8. The summed E-state index contributed by atoms with van der Waals surface area (Å²) < 4.78 is 34.6. The third-order valence-electron chi connectivity index (χ3n) is 13.8. The maximum atomic E-state index is 12.8. The summed E-state index contributed by atoms with van der Waals surface area (Å²) in [5.41, 5.74) is 0. The standard InChI is InChI=1S/C65H120NO8P/c1-6-8-10-12-14-16-18-20-22-23-24-25-26-27-28-29-30-31-32-33-34-35-36-37-38-39-40-41-42-43-44-46-48-50-52-54-56-58-65(68)74-63(62-73-75(69,70)72-60-59-66(3,4)5)61-71-64(67)57-55-53-51-49-47-45-21-19-17-15-13-11-9-7-2/h8,10,14,16,20,22,24-25,27-28,63H,6-7,9,11-13,15,17-19,21,23,26,29-62H2,1-5H3/p+1/b10-8-,16-14-,22-20-,25-24-,28-27-. The van der Waals surface area contributed by atoms with E-state index in [1.807, 2.05) is 21.1 Å². The number of hydrogen-bond donors (Lipinski definition) is 1. The number of hydrogen-bond acceptors (Lipinski definition) is 7. The van der Waals surface area contributed by atoms with E-state index in [-0.39, 0.29) is 25.6 Å². The lowest BCUT2D eigenvalue weighted by molar-refractivity contribution is -0.870. The van der Waals surface area contributed by atoms with Gasteiger partial charge in [-0.2, -0.15) is 0 Å². The van der Waals surface area contributed by atoms with Gasteiger partial charge in [-0.05, 0) is 57.8 Å². The van der Waals surface area contributed by atoms with Crippen LogP contribution in [0.5, 0.6) is 0 Å². The van der Waals surface area contributed by atoms with Crippen molar-refractivity contribution >= 4 is 19.8 Å². The number of phosphoric ester groups is 1. The molecule has 0 aromatic rings. The van der Waals surface area contributed by atoms with Gasteiger partial charge in [0.05, 0.1) is 27.7 Å². The summed E-state index contributed by atoms with van der Waals surface area (Å²) in [5.74, 6) is -0.783. The lowest BCUT2D eigenvalue weighted by atomic mass is 10.0. The van der Waals surface area contributed by atoms with Crippen LogP contribution in [0.15, 0.2) is 60.8 Å². The SMILES string of the molecule is CC/C=C\C/C=C\C/C=C\C/C=C\C/C=C\CCCCCCCCCCCCCCCCCCCCCCCC(=O)OC(COC(=O)CCCCCCCCCCCCCCCC)COP(=O)(O)OCC[N+](C)(C)C. The van der Waals surface area contributed by atoms with E-state index >= 15 is 0 Å². The summed E-state index contributed by atoms with van der Waals surface area (Å²) in [6.07, 6.45) is 73.2. The van der Waals surface area contributed by atoms with E-state index in [4.69, 9.17) is 18.5 Å². The van der Waals surface area contributed by atoms with E-state index in [0.717, 1.165) is 64.2 Å². The maximum Gasteiger partial charge on any atom is 0.472 e. The zero-order valence-corrected chi connectivity index (χ0v) is 50.7. The summed E-state index contributed by atoms with van der Waals surface area (Å²) in [7, 11) is 1.49. The largest absolute Gasteiger partial charge is 0.472 e. The third-order valence-corrected chi connectivity index (χ3v) is 14.8. The minimum atomic E-state index is -4.38. The van der Waals surface area contributed by atoms with Crippen LogP contribution >= 0.6 is 7.82 Å². The van der Waals surface area contributed by atoms with Crippen molar-refractivity contribution < 1.29 is 42.1 Å². The van der Waals surface area contributed by atoms with E-state index < -0.39 is 26.5 Å². The molecule has 2 unspecified atom stereocenters. The Morgan fingerprint density at radius 2 is 0.760 bits per heavy atom. The van der Waals surface area contributed by atoms with Crippen LogP contribution in [0.3, 0.4) is 0 Å². The molecule has 0 radical (unpaired) electrons. The molecule has 0 saturated heterocycles. The Morgan fingerprint density at radius 1 is 0.427 bits per heavy atom. The number of rotatable bonds is 58. The highest BCUT2D eigenvalue weighted by Gasteiger charge is 2.27. The Hall–Kier alpha value is -2.29. The van der Waals surface area contributed by atoms with Crippen LogP contribution in [0.2, 0.25) is 0 Å². The van der Waals surface area contributed by atoms with E-state index in [1.165, 1.54) is 193 Å². The summed E-state index contributed by atoms with van der Waals surface area (Å²) >= 11 is 0. The predicted octanol–water partition coefficient (Wildman–Crippen LogP) is 19.9. The average molecular weight is 1080 g/mol. The number of nitrogens with zero attached hydrogens (tertiary/aromatic N) is 1. The minimum absolute atomic E-state index is 0.0339. The molecule has 0 aliphatic carbocycles. The van der Waals surface area contributed by atoms with Gasteiger partial charge in [-0.15, -0.1) is 0 Å². The molecule has 0 amide bonds. The van der Waals surface area contributed by atoms with Crippen LogP contribution in [0, 0.1) is 0 Å². The van der Waals surface area contributed by atoms with Crippen molar-refractivity contribution in [1.29, 1.82) is 0 Å². The van der Waals surface area contributed by atoms with E-state index in [2.05, 4.69) is 74.6 Å². The zero-order chi connectivity index (χ0) is 54.9. The smallest absolute Gasteiger partial charge is 0.462 e. The number of phosphoric acid groups is 1. The fraction of sp³-hybridized carbons (Fsp3) is 0.815. The third kappa shape index (κ3) is 60.8. The van der Waals surface area contributed by atoms with Crippen LogP contribution in [-0.4, -0.2) is 74.9 Å². The molecule has 9 nitrogen and oxygen atoms in total. The first-order valence-corrected chi connectivity index (χ1v) is 33.0. The van der Waals surface area contributed by atoms with Crippen molar-refractivity contribution in [3.05, 3.63) is 60.8 Å². The molecule has 0 aromatic heterocycles. The highest BCUT2D eigenvalue weighted by molar-refractivity contribution is 7.47. The molecule has 0 rings (SSSR count). The van der Waals surface area contributed by atoms with Gasteiger partial charge >= 0.3 is 19.8 Å². The topological polar surface area (TPSA) is 108 Å². The predicted molar refractivity (Wildman–Crippen MR) is 321 cm³/mol. The van der Waals surface area contributed by atoms with Crippen LogP contribution in [-0.2, 0) is 32.7 Å². The number of unbranched alkanes of at least 4 members (excludes halogenated alkanes) is 34. The molecule has 10 heteroatoms. The Kier molecular flexibility index (Phi) is 54.7. The van der Waals surface area contributed by atoms with Gasteiger partial charge in [0.15, 0.2) is 6.10 Å². The molecular formula is C65H121NO8P+. The van der Waals surface area contributed by atoms with Gasteiger partial charge in [-0.1, -0.05) is 280 Å². The summed E-state index contributed by atoms with van der Waals surface area (Å²) in [6.45, 7) is 4.36. The van der Waals surface area contributed by atoms with Gasteiger partial charge in [-0.3, -0.25) is 18.6 Å². The average Bonchev–Trinajstić information content (AvgIpc) is 3.37. The normalized spacial score (nSPS) is 13.6.